The summed E-state index contributed by atoms with van der Waals surface area (Å²) in [4.78, 5) is 5.94. The van der Waals surface area contributed by atoms with Crippen LogP contribution >= 0.6 is 24.0 Å². The van der Waals surface area contributed by atoms with E-state index in [9.17, 15) is 18.3 Å². The van der Waals surface area contributed by atoms with Crippen LogP contribution in [0, 0.1) is 12.8 Å². The molecule has 0 saturated carbocycles. The monoisotopic (exact) mass is 546 g/mol. The van der Waals surface area contributed by atoms with E-state index >= 15 is 0 Å². The summed E-state index contributed by atoms with van der Waals surface area (Å²) in [6.45, 7) is 7.11. The van der Waals surface area contributed by atoms with Gasteiger partial charge in [-0.2, -0.15) is 13.2 Å². The van der Waals surface area contributed by atoms with E-state index in [2.05, 4.69) is 15.6 Å². The van der Waals surface area contributed by atoms with Crippen molar-refractivity contribution in [1.29, 1.82) is 0 Å². The fourth-order valence-electron chi connectivity index (χ4n) is 3.46. The molecule has 1 aliphatic rings. The molecule has 1 atom stereocenters. The van der Waals surface area contributed by atoms with E-state index in [1.165, 1.54) is 4.90 Å². The lowest BCUT2D eigenvalue weighted by molar-refractivity contribution is -0.148. The molecule has 1 fully saturated rings. The molecule has 1 aromatic heterocycles. The fraction of sp³-hybridized carbons (Fsp3) is 0.750. The first-order valence-corrected chi connectivity index (χ1v) is 10.2. The number of hydrogen-bond acceptors (Lipinski definition) is 4. The number of aryl methyl sites for hydroxylation is 1. The Kier molecular flexibility index (Phi) is 10.9. The van der Waals surface area contributed by atoms with Gasteiger partial charge in [0.15, 0.2) is 5.96 Å². The summed E-state index contributed by atoms with van der Waals surface area (Å²) in [5.41, 5.74) is -1.21. The highest BCUT2D eigenvalue weighted by Crippen LogP contribution is 2.24. The van der Waals surface area contributed by atoms with Crippen LogP contribution in [-0.2, 0) is 5.60 Å². The number of furan rings is 1. The summed E-state index contributed by atoms with van der Waals surface area (Å²) >= 11 is 0. The standard InChI is InChI=1S/C20H33F3N4O2.HI/c1-4-24-18(26-13-19(3,28)17-6-5-15(2)29-17)25-10-7-16-8-11-27(12-9-16)14-20(21,22)23;/h5-6,16,28H,4,7-14H2,1-3H3,(H2,24,25,26);1H. The zero-order valence-corrected chi connectivity index (χ0v) is 20.2. The van der Waals surface area contributed by atoms with Gasteiger partial charge in [0.1, 0.15) is 17.1 Å². The second kappa shape index (κ2) is 12.1. The molecule has 174 valence electrons. The van der Waals surface area contributed by atoms with Crippen molar-refractivity contribution in [1.82, 2.24) is 15.5 Å². The predicted octanol–water partition coefficient (Wildman–Crippen LogP) is 3.63. The first-order chi connectivity index (χ1) is 13.6. The molecule has 1 unspecified atom stereocenters. The second-order valence-corrected chi connectivity index (χ2v) is 7.93. The zero-order chi connectivity index (χ0) is 21.5. The number of rotatable bonds is 8. The van der Waals surface area contributed by atoms with Gasteiger partial charge in [-0.05, 0) is 71.2 Å². The van der Waals surface area contributed by atoms with Crippen LogP contribution in [0.3, 0.4) is 0 Å². The third kappa shape index (κ3) is 9.42. The highest BCUT2D eigenvalue weighted by Gasteiger charge is 2.32. The van der Waals surface area contributed by atoms with Gasteiger partial charge in [-0.15, -0.1) is 24.0 Å². The normalized spacial score (nSPS) is 18.6. The van der Waals surface area contributed by atoms with E-state index in [1.54, 1.807) is 19.1 Å². The molecule has 6 nitrogen and oxygen atoms in total. The molecule has 0 spiro atoms. The third-order valence-electron chi connectivity index (χ3n) is 5.12. The molecule has 10 heteroatoms. The lowest BCUT2D eigenvalue weighted by atomic mass is 9.93. The third-order valence-corrected chi connectivity index (χ3v) is 5.12. The van der Waals surface area contributed by atoms with Gasteiger partial charge in [-0.1, -0.05) is 0 Å². The molecular weight excluding hydrogens is 512 g/mol. The van der Waals surface area contributed by atoms with E-state index in [0.29, 0.717) is 43.8 Å². The Bertz CT molecular complexity index is 657. The summed E-state index contributed by atoms with van der Waals surface area (Å²) < 4.78 is 42.9. The highest BCUT2D eigenvalue weighted by atomic mass is 127. The number of aliphatic hydroxyl groups is 1. The van der Waals surface area contributed by atoms with Gasteiger partial charge in [-0.25, -0.2) is 4.99 Å². The maximum absolute atomic E-state index is 12.5. The minimum Gasteiger partial charge on any atom is -0.463 e. The summed E-state index contributed by atoms with van der Waals surface area (Å²) in [7, 11) is 0. The van der Waals surface area contributed by atoms with Gasteiger partial charge in [0.2, 0.25) is 0 Å². The highest BCUT2D eigenvalue weighted by molar-refractivity contribution is 14.0. The molecule has 2 heterocycles. The van der Waals surface area contributed by atoms with Crippen LogP contribution in [0.25, 0.3) is 0 Å². The van der Waals surface area contributed by atoms with E-state index in [0.717, 1.165) is 25.0 Å². The van der Waals surface area contributed by atoms with E-state index in [4.69, 9.17) is 4.42 Å². The van der Waals surface area contributed by atoms with Crippen molar-refractivity contribution in [2.45, 2.75) is 51.8 Å². The quantitative estimate of drug-likeness (QED) is 0.264. The molecule has 0 radical (unpaired) electrons. The summed E-state index contributed by atoms with van der Waals surface area (Å²) in [6.07, 6.45) is -1.70. The summed E-state index contributed by atoms with van der Waals surface area (Å²) in [5.74, 6) is 2.21. The molecule has 0 amide bonds. The number of alkyl halides is 3. The number of guanidine groups is 1. The van der Waals surface area contributed by atoms with Gasteiger partial charge in [0.25, 0.3) is 0 Å². The Morgan fingerprint density at radius 1 is 1.27 bits per heavy atom. The van der Waals surface area contributed by atoms with Crippen molar-refractivity contribution >= 4 is 29.9 Å². The Hall–Kier alpha value is -1.01. The van der Waals surface area contributed by atoms with Crippen molar-refractivity contribution in [2.24, 2.45) is 10.9 Å². The molecule has 0 aliphatic carbocycles. The average Bonchev–Trinajstić information content (AvgIpc) is 3.07. The number of piperidine rings is 1. The van der Waals surface area contributed by atoms with Gasteiger partial charge >= 0.3 is 6.18 Å². The maximum Gasteiger partial charge on any atom is 0.401 e. The second-order valence-electron chi connectivity index (χ2n) is 7.93. The molecule has 1 saturated heterocycles. The van der Waals surface area contributed by atoms with Gasteiger partial charge in [0, 0.05) is 13.1 Å². The van der Waals surface area contributed by atoms with Gasteiger partial charge < -0.3 is 20.2 Å². The number of aliphatic imine (C=N–C) groups is 1. The molecule has 0 bridgehead atoms. The first kappa shape index (κ1) is 27.0. The fourth-order valence-corrected chi connectivity index (χ4v) is 3.46. The smallest absolute Gasteiger partial charge is 0.401 e. The van der Waals surface area contributed by atoms with E-state index < -0.39 is 18.3 Å². The summed E-state index contributed by atoms with van der Waals surface area (Å²) in [6, 6.07) is 3.55. The molecule has 1 aliphatic heterocycles. The Balaban J connectivity index is 0.00000450. The lowest BCUT2D eigenvalue weighted by Crippen LogP contribution is -2.42. The Morgan fingerprint density at radius 2 is 1.93 bits per heavy atom. The van der Waals surface area contributed by atoms with Crippen LogP contribution in [0.2, 0.25) is 0 Å². The molecule has 0 aromatic carbocycles. The van der Waals surface area contributed by atoms with E-state index in [-0.39, 0.29) is 30.5 Å². The summed E-state index contributed by atoms with van der Waals surface area (Å²) in [5, 5.41) is 17.0. The van der Waals surface area contributed by atoms with Crippen molar-refractivity contribution in [3.63, 3.8) is 0 Å². The molecule has 30 heavy (non-hydrogen) atoms. The first-order valence-electron chi connectivity index (χ1n) is 10.2. The van der Waals surface area contributed by atoms with Crippen LogP contribution in [0.5, 0.6) is 0 Å². The van der Waals surface area contributed by atoms with Crippen LogP contribution in [0.15, 0.2) is 21.5 Å². The van der Waals surface area contributed by atoms with Crippen LogP contribution in [0.4, 0.5) is 13.2 Å². The van der Waals surface area contributed by atoms with Crippen molar-refractivity contribution in [3.8, 4) is 0 Å². The Labute approximate surface area is 193 Å². The Morgan fingerprint density at radius 3 is 2.47 bits per heavy atom. The minimum atomic E-state index is -4.12. The molecule has 1 aromatic rings. The van der Waals surface area contributed by atoms with Gasteiger partial charge in [0.05, 0.1) is 13.1 Å². The van der Waals surface area contributed by atoms with Crippen LogP contribution < -0.4 is 10.6 Å². The minimum absolute atomic E-state index is 0. The molecular formula is C20H34F3IN4O2. The van der Waals surface area contributed by atoms with Crippen LogP contribution in [-0.4, -0.2) is 61.4 Å². The maximum atomic E-state index is 12.5. The SMILES string of the molecule is CCNC(=NCC(C)(O)c1ccc(C)o1)NCCC1CCN(CC(F)(F)F)CC1.I. The number of likely N-dealkylation sites (tertiary alicyclic amines) is 1. The topological polar surface area (TPSA) is 73.0 Å². The number of hydrogen-bond donors (Lipinski definition) is 3. The number of halogens is 4. The number of nitrogens with zero attached hydrogens (tertiary/aromatic N) is 2. The zero-order valence-electron chi connectivity index (χ0n) is 17.9. The molecule has 2 rings (SSSR count). The molecule has 3 N–H and O–H groups in total. The van der Waals surface area contributed by atoms with E-state index in [1.807, 2.05) is 13.8 Å². The lowest BCUT2D eigenvalue weighted by Gasteiger charge is -2.32. The predicted molar refractivity (Wildman–Crippen MR) is 122 cm³/mol. The van der Waals surface area contributed by atoms with Gasteiger partial charge in [-0.3, -0.25) is 4.90 Å². The van der Waals surface area contributed by atoms with Crippen molar-refractivity contribution in [3.05, 3.63) is 23.7 Å². The van der Waals surface area contributed by atoms with Crippen molar-refractivity contribution < 1.29 is 22.7 Å². The van der Waals surface area contributed by atoms with Crippen LogP contribution in [0.1, 0.15) is 44.6 Å². The number of nitrogens with one attached hydrogen (secondary N) is 2. The largest absolute Gasteiger partial charge is 0.463 e. The van der Waals surface area contributed by atoms with Crippen molar-refractivity contribution in [2.75, 3.05) is 39.3 Å². The average molecular weight is 546 g/mol.